The van der Waals surface area contributed by atoms with Crippen molar-refractivity contribution in [2.24, 2.45) is 10.9 Å². The molecule has 1 aromatic rings. The lowest BCUT2D eigenvalue weighted by molar-refractivity contribution is 0.341. The summed E-state index contributed by atoms with van der Waals surface area (Å²) in [6.45, 7) is 10.9. The van der Waals surface area contributed by atoms with Crippen molar-refractivity contribution in [1.82, 2.24) is 15.5 Å². The lowest BCUT2D eigenvalue weighted by atomic mass is 9.79. The fourth-order valence-corrected chi connectivity index (χ4v) is 4.56. The zero-order valence-electron chi connectivity index (χ0n) is 16.6. The molecule has 1 atom stereocenters. The SMILES string of the molecule is CCNC(=NCC1(c2ccccc2)CCCC1)NCC1CCN(CC)C1. The zero-order chi connectivity index (χ0) is 18.2. The topological polar surface area (TPSA) is 39.7 Å². The minimum absolute atomic E-state index is 0.232. The molecular formula is C22H36N4. The number of nitrogens with one attached hydrogen (secondary N) is 2. The van der Waals surface area contributed by atoms with Crippen LogP contribution in [0.15, 0.2) is 35.3 Å². The minimum atomic E-state index is 0.232. The van der Waals surface area contributed by atoms with E-state index in [1.807, 2.05) is 0 Å². The lowest BCUT2D eigenvalue weighted by Crippen LogP contribution is -2.41. The van der Waals surface area contributed by atoms with E-state index in [1.165, 1.54) is 57.3 Å². The van der Waals surface area contributed by atoms with Gasteiger partial charge in [-0.05, 0) is 50.8 Å². The molecule has 4 heteroatoms. The van der Waals surface area contributed by atoms with Gasteiger partial charge in [0.15, 0.2) is 5.96 Å². The van der Waals surface area contributed by atoms with Crippen molar-refractivity contribution in [1.29, 1.82) is 0 Å². The summed E-state index contributed by atoms with van der Waals surface area (Å²) in [6.07, 6.45) is 6.46. The Hall–Kier alpha value is -1.55. The van der Waals surface area contributed by atoms with E-state index in [0.717, 1.165) is 31.5 Å². The van der Waals surface area contributed by atoms with Crippen molar-refractivity contribution in [3.8, 4) is 0 Å². The molecule has 1 saturated carbocycles. The largest absolute Gasteiger partial charge is 0.357 e. The van der Waals surface area contributed by atoms with Gasteiger partial charge in [0.05, 0.1) is 6.54 Å². The maximum absolute atomic E-state index is 5.02. The van der Waals surface area contributed by atoms with Gasteiger partial charge in [-0.1, -0.05) is 50.1 Å². The number of nitrogens with zero attached hydrogens (tertiary/aromatic N) is 2. The molecule has 1 unspecified atom stereocenters. The van der Waals surface area contributed by atoms with E-state index >= 15 is 0 Å². The molecule has 0 aromatic heterocycles. The van der Waals surface area contributed by atoms with Crippen LogP contribution in [0.1, 0.15) is 51.5 Å². The molecule has 4 nitrogen and oxygen atoms in total. The fraction of sp³-hybridized carbons (Fsp3) is 0.682. The first-order valence-electron chi connectivity index (χ1n) is 10.6. The Balaban J connectivity index is 1.62. The monoisotopic (exact) mass is 356 g/mol. The number of aliphatic imine (C=N–C) groups is 1. The van der Waals surface area contributed by atoms with Crippen molar-refractivity contribution >= 4 is 5.96 Å². The van der Waals surface area contributed by atoms with Gasteiger partial charge < -0.3 is 15.5 Å². The molecule has 2 aliphatic rings. The van der Waals surface area contributed by atoms with Gasteiger partial charge in [0.1, 0.15) is 0 Å². The maximum Gasteiger partial charge on any atom is 0.191 e. The standard InChI is InChI=1S/C22H36N4/c1-3-23-21(24-16-19-12-15-26(4-2)17-19)25-18-22(13-8-9-14-22)20-10-6-5-7-11-20/h5-7,10-11,19H,3-4,8-9,12-18H2,1-2H3,(H2,23,24,25). The Morgan fingerprint density at radius 3 is 2.58 bits per heavy atom. The highest BCUT2D eigenvalue weighted by Crippen LogP contribution is 2.41. The average molecular weight is 357 g/mol. The zero-order valence-corrected chi connectivity index (χ0v) is 16.6. The summed E-state index contributed by atoms with van der Waals surface area (Å²) >= 11 is 0. The number of hydrogen-bond acceptors (Lipinski definition) is 2. The van der Waals surface area contributed by atoms with Crippen molar-refractivity contribution in [2.75, 3.05) is 39.3 Å². The highest BCUT2D eigenvalue weighted by molar-refractivity contribution is 5.79. The van der Waals surface area contributed by atoms with E-state index < -0.39 is 0 Å². The predicted molar refractivity (Wildman–Crippen MR) is 111 cm³/mol. The van der Waals surface area contributed by atoms with E-state index in [0.29, 0.717) is 0 Å². The van der Waals surface area contributed by atoms with Crippen molar-refractivity contribution in [3.05, 3.63) is 35.9 Å². The third kappa shape index (κ3) is 4.79. The molecular weight excluding hydrogens is 320 g/mol. The minimum Gasteiger partial charge on any atom is -0.357 e. The number of guanidine groups is 1. The normalized spacial score (nSPS) is 23.3. The number of benzene rings is 1. The van der Waals surface area contributed by atoms with Crippen LogP contribution in [0.25, 0.3) is 0 Å². The molecule has 1 aliphatic carbocycles. The molecule has 1 heterocycles. The van der Waals surface area contributed by atoms with Crippen LogP contribution in [-0.2, 0) is 5.41 Å². The van der Waals surface area contributed by atoms with Crippen LogP contribution in [0.2, 0.25) is 0 Å². The molecule has 1 saturated heterocycles. The van der Waals surface area contributed by atoms with Gasteiger partial charge in [-0.3, -0.25) is 4.99 Å². The second kappa shape index (κ2) is 9.40. The van der Waals surface area contributed by atoms with Crippen LogP contribution in [0.4, 0.5) is 0 Å². The van der Waals surface area contributed by atoms with Gasteiger partial charge in [0.25, 0.3) is 0 Å². The fourth-order valence-electron chi connectivity index (χ4n) is 4.56. The quantitative estimate of drug-likeness (QED) is 0.581. The van der Waals surface area contributed by atoms with Gasteiger partial charge in [-0.2, -0.15) is 0 Å². The average Bonchev–Trinajstić information content (AvgIpc) is 3.35. The first kappa shape index (κ1) is 19.2. The third-order valence-corrected chi connectivity index (χ3v) is 6.21. The van der Waals surface area contributed by atoms with E-state index in [2.05, 4.69) is 59.7 Å². The van der Waals surface area contributed by atoms with Gasteiger partial charge in [0, 0.05) is 25.0 Å². The molecule has 144 valence electrons. The van der Waals surface area contributed by atoms with Crippen molar-refractivity contribution in [2.45, 2.75) is 51.4 Å². The summed E-state index contributed by atoms with van der Waals surface area (Å²) < 4.78 is 0. The van der Waals surface area contributed by atoms with Crippen LogP contribution in [0, 0.1) is 5.92 Å². The number of likely N-dealkylation sites (tertiary alicyclic amines) is 1. The lowest BCUT2D eigenvalue weighted by Gasteiger charge is -2.28. The summed E-state index contributed by atoms with van der Waals surface area (Å²) in [6, 6.07) is 11.0. The Morgan fingerprint density at radius 1 is 1.15 bits per heavy atom. The van der Waals surface area contributed by atoms with Gasteiger partial charge in [0.2, 0.25) is 0 Å². The van der Waals surface area contributed by atoms with Crippen LogP contribution in [0.5, 0.6) is 0 Å². The first-order valence-corrected chi connectivity index (χ1v) is 10.6. The van der Waals surface area contributed by atoms with E-state index in [9.17, 15) is 0 Å². The van der Waals surface area contributed by atoms with Gasteiger partial charge >= 0.3 is 0 Å². The Morgan fingerprint density at radius 2 is 1.92 bits per heavy atom. The first-order chi connectivity index (χ1) is 12.8. The van der Waals surface area contributed by atoms with Crippen LogP contribution >= 0.6 is 0 Å². The molecule has 0 radical (unpaired) electrons. The molecule has 3 rings (SSSR count). The van der Waals surface area contributed by atoms with E-state index in [-0.39, 0.29) is 5.41 Å². The molecule has 0 bridgehead atoms. The van der Waals surface area contributed by atoms with Gasteiger partial charge in [-0.25, -0.2) is 0 Å². The predicted octanol–water partition coefficient (Wildman–Crippen LogP) is 3.40. The highest BCUT2D eigenvalue weighted by atomic mass is 15.2. The summed E-state index contributed by atoms with van der Waals surface area (Å²) in [5.74, 6) is 1.73. The van der Waals surface area contributed by atoms with Gasteiger partial charge in [-0.15, -0.1) is 0 Å². The molecule has 1 aliphatic heterocycles. The second-order valence-corrected chi connectivity index (χ2v) is 7.98. The molecule has 26 heavy (non-hydrogen) atoms. The maximum atomic E-state index is 5.02. The Labute approximate surface area is 159 Å². The summed E-state index contributed by atoms with van der Waals surface area (Å²) in [5.41, 5.74) is 1.70. The van der Waals surface area contributed by atoms with Crippen LogP contribution in [-0.4, -0.2) is 50.1 Å². The number of rotatable bonds is 7. The Bertz CT molecular complexity index is 563. The number of hydrogen-bond donors (Lipinski definition) is 2. The second-order valence-electron chi connectivity index (χ2n) is 7.98. The third-order valence-electron chi connectivity index (χ3n) is 6.21. The smallest absolute Gasteiger partial charge is 0.191 e. The van der Waals surface area contributed by atoms with Crippen molar-refractivity contribution < 1.29 is 0 Å². The molecule has 2 fully saturated rings. The highest BCUT2D eigenvalue weighted by Gasteiger charge is 2.35. The summed E-state index contributed by atoms with van der Waals surface area (Å²) in [5, 5.41) is 7.06. The molecule has 1 aromatic carbocycles. The van der Waals surface area contributed by atoms with E-state index in [1.54, 1.807) is 0 Å². The summed E-state index contributed by atoms with van der Waals surface area (Å²) in [4.78, 5) is 7.57. The molecule has 2 N–H and O–H groups in total. The molecule has 0 amide bonds. The van der Waals surface area contributed by atoms with E-state index in [4.69, 9.17) is 4.99 Å². The Kier molecular flexibility index (Phi) is 6.95. The van der Waals surface area contributed by atoms with Crippen LogP contribution < -0.4 is 10.6 Å². The molecule has 0 spiro atoms. The summed E-state index contributed by atoms with van der Waals surface area (Å²) in [7, 11) is 0. The van der Waals surface area contributed by atoms with Crippen LogP contribution in [0.3, 0.4) is 0 Å². The van der Waals surface area contributed by atoms with Crippen molar-refractivity contribution in [3.63, 3.8) is 0 Å².